The fraction of sp³-hybridized carbons (Fsp3) is 0.167. The molecule has 0 saturated carbocycles. The summed E-state index contributed by atoms with van der Waals surface area (Å²) < 4.78 is 5.09. The van der Waals surface area contributed by atoms with Crippen LogP contribution in [0.15, 0.2) is 60.3 Å². The molecule has 0 aliphatic carbocycles. The monoisotopic (exact) mass is 331 g/mol. The van der Waals surface area contributed by atoms with Gasteiger partial charge in [0, 0.05) is 23.3 Å². The van der Waals surface area contributed by atoms with Gasteiger partial charge in [-0.05, 0) is 25.1 Å². The maximum absolute atomic E-state index is 12.3. The minimum atomic E-state index is -0.601. The summed E-state index contributed by atoms with van der Waals surface area (Å²) >= 11 is 6.01. The van der Waals surface area contributed by atoms with Crippen molar-refractivity contribution in [1.29, 1.82) is 0 Å². The van der Waals surface area contributed by atoms with Gasteiger partial charge < -0.3 is 14.7 Å². The zero-order valence-electron chi connectivity index (χ0n) is 13.0. The van der Waals surface area contributed by atoms with Crippen molar-refractivity contribution in [2.75, 3.05) is 18.6 Å². The highest BCUT2D eigenvalue weighted by Gasteiger charge is 2.23. The van der Waals surface area contributed by atoms with Crippen LogP contribution in [-0.4, -0.2) is 24.7 Å². The van der Waals surface area contributed by atoms with Crippen LogP contribution in [0.5, 0.6) is 0 Å². The summed E-state index contributed by atoms with van der Waals surface area (Å²) in [6, 6.07) is 15.9. The maximum atomic E-state index is 12.3. The summed E-state index contributed by atoms with van der Waals surface area (Å²) in [5, 5.41) is 11.1. The van der Waals surface area contributed by atoms with E-state index in [2.05, 4.69) is 0 Å². The van der Waals surface area contributed by atoms with E-state index in [1.165, 1.54) is 0 Å². The Hall–Kier alpha value is -2.46. The molecule has 2 aromatic carbocycles. The van der Waals surface area contributed by atoms with Gasteiger partial charge in [0.15, 0.2) is 11.5 Å². The Labute approximate surface area is 140 Å². The zero-order valence-corrected chi connectivity index (χ0v) is 13.7. The van der Waals surface area contributed by atoms with Gasteiger partial charge in [-0.25, -0.2) is 4.79 Å². The second-order valence-corrected chi connectivity index (χ2v) is 5.26. The van der Waals surface area contributed by atoms with E-state index in [1.807, 2.05) is 6.07 Å². The van der Waals surface area contributed by atoms with Crippen LogP contribution in [0.4, 0.5) is 5.69 Å². The van der Waals surface area contributed by atoms with Gasteiger partial charge in [0.1, 0.15) is 0 Å². The van der Waals surface area contributed by atoms with Crippen molar-refractivity contribution < 1.29 is 14.6 Å². The number of likely N-dealkylation sites (N-methyl/N-ethyl adjacent to an activating group) is 1. The molecular weight excluding hydrogens is 314 g/mol. The molecule has 23 heavy (non-hydrogen) atoms. The fourth-order valence-electron chi connectivity index (χ4n) is 2.14. The first-order chi connectivity index (χ1) is 11.0. The number of hydrogen-bond donors (Lipinski definition) is 1. The van der Waals surface area contributed by atoms with Gasteiger partial charge in [0.25, 0.3) is 0 Å². The van der Waals surface area contributed by atoms with Crippen molar-refractivity contribution in [1.82, 2.24) is 0 Å². The number of esters is 1. The van der Waals surface area contributed by atoms with Gasteiger partial charge in [-0.15, -0.1) is 0 Å². The molecule has 0 atom stereocenters. The SMILES string of the molecule is CCOC(=O)/C(=C(\O)c1ccccc1)N(C)c1cccc(Cl)c1. The Morgan fingerprint density at radius 3 is 2.48 bits per heavy atom. The summed E-state index contributed by atoms with van der Waals surface area (Å²) in [4.78, 5) is 13.9. The number of aliphatic hydroxyl groups excluding tert-OH is 1. The van der Waals surface area contributed by atoms with E-state index >= 15 is 0 Å². The van der Waals surface area contributed by atoms with Crippen molar-refractivity contribution in [3.63, 3.8) is 0 Å². The lowest BCUT2D eigenvalue weighted by atomic mass is 10.1. The molecule has 0 aliphatic rings. The summed E-state index contributed by atoms with van der Waals surface area (Å²) in [7, 11) is 1.68. The normalized spacial score (nSPS) is 11.6. The second-order valence-electron chi connectivity index (χ2n) is 4.82. The van der Waals surface area contributed by atoms with Gasteiger partial charge >= 0.3 is 5.97 Å². The molecule has 1 N–H and O–H groups in total. The predicted octanol–water partition coefficient (Wildman–Crippen LogP) is 4.27. The maximum Gasteiger partial charge on any atom is 0.358 e. The molecule has 0 fully saturated rings. The van der Waals surface area contributed by atoms with Gasteiger partial charge in [-0.1, -0.05) is 48.0 Å². The van der Waals surface area contributed by atoms with Crippen LogP contribution < -0.4 is 4.90 Å². The van der Waals surface area contributed by atoms with Gasteiger partial charge in [0.05, 0.1) is 6.61 Å². The molecule has 2 aromatic rings. The Morgan fingerprint density at radius 1 is 1.17 bits per heavy atom. The van der Waals surface area contributed by atoms with Crippen LogP contribution in [0.25, 0.3) is 5.76 Å². The number of benzene rings is 2. The third-order valence-corrected chi connectivity index (χ3v) is 3.51. The third-order valence-electron chi connectivity index (χ3n) is 3.27. The largest absolute Gasteiger partial charge is 0.505 e. The van der Waals surface area contributed by atoms with Crippen molar-refractivity contribution in [2.24, 2.45) is 0 Å². The molecule has 0 aromatic heterocycles. The van der Waals surface area contributed by atoms with Crippen LogP contribution in [0.2, 0.25) is 5.02 Å². The number of carbonyl (C=O) groups is 1. The quantitative estimate of drug-likeness (QED) is 0.505. The lowest BCUT2D eigenvalue weighted by Crippen LogP contribution is -2.26. The van der Waals surface area contributed by atoms with Crippen molar-refractivity contribution >= 4 is 29.0 Å². The first-order valence-electron chi connectivity index (χ1n) is 7.19. The average Bonchev–Trinajstić information content (AvgIpc) is 2.56. The molecule has 0 saturated heterocycles. The molecule has 5 heteroatoms. The highest BCUT2D eigenvalue weighted by Crippen LogP contribution is 2.26. The molecule has 0 aliphatic heterocycles. The van der Waals surface area contributed by atoms with E-state index < -0.39 is 5.97 Å². The van der Waals surface area contributed by atoms with E-state index in [0.717, 1.165) is 0 Å². The smallest absolute Gasteiger partial charge is 0.358 e. The van der Waals surface area contributed by atoms with Gasteiger partial charge in [0.2, 0.25) is 0 Å². The Bertz CT molecular complexity index is 713. The highest BCUT2D eigenvalue weighted by atomic mass is 35.5. The number of carbonyl (C=O) groups excluding carboxylic acids is 1. The predicted molar refractivity (Wildman–Crippen MR) is 92.5 cm³/mol. The molecule has 120 valence electrons. The van der Waals surface area contributed by atoms with Gasteiger partial charge in [-0.2, -0.15) is 0 Å². The summed E-state index contributed by atoms with van der Waals surface area (Å²) in [5.74, 6) is -0.747. The Balaban J connectivity index is 2.52. The number of rotatable bonds is 5. The molecule has 4 nitrogen and oxygen atoms in total. The van der Waals surface area contributed by atoms with Crippen molar-refractivity contribution in [3.05, 3.63) is 70.9 Å². The van der Waals surface area contributed by atoms with Crippen LogP contribution in [0.3, 0.4) is 0 Å². The minimum absolute atomic E-state index is 0.0558. The van der Waals surface area contributed by atoms with E-state index in [0.29, 0.717) is 16.3 Å². The van der Waals surface area contributed by atoms with E-state index in [-0.39, 0.29) is 18.1 Å². The fourth-order valence-corrected chi connectivity index (χ4v) is 2.32. The first kappa shape index (κ1) is 16.9. The van der Waals surface area contributed by atoms with Crippen LogP contribution >= 0.6 is 11.6 Å². The molecule has 2 rings (SSSR count). The lowest BCUT2D eigenvalue weighted by molar-refractivity contribution is -0.138. The molecule has 0 unspecified atom stereocenters. The lowest BCUT2D eigenvalue weighted by Gasteiger charge is -2.23. The molecule has 0 heterocycles. The highest BCUT2D eigenvalue weighted by molar-refractivity contribution is 6.30. The van der Waals surface area contributed by atoms with Crippen molar-refractivity contribution in [2.45, 2.75) is 6.92 Å². The number of halogens is 1. The van der Waals surface area contributed by atoms with E-state index in [9.17, 15) is 9.90 Å². The molecular formula is C18H18ClNO3. The number of hydrogen-bond acceptors (Lipinski definition) is 4. The van der Waals surface area contributed by atoms with Gasteiger partial charge in [-0.3, -0.25) is 0 Å². The van der Waals surface area contributed by atoms with E-state index in [4.69, 9.17) is 16.3 Å². The van der Waals surface area contributed by atoms with Crippen LogP contribution in [0.1, 0.15) is 12.5 Å². The first-order valence-corrected chi connectivity index (χ1v) is 7.57. The Morgan fingerprint density at radius 2 is 1.87 bits per heavy atom. The standard InChI is InChI=1S/C18H18ClNO3/c1-3-23-18(22)16(17(21)13-8-5-4-6-9-13)20(2)15-11-7-10-14(19)12-15/h4-12,21H,3H2,1-2H3/b17-16+. The number of anilines is 1. The minimum Gasteiger partial charge on any atom is -0.505 e. The third kappa shape index (κ3) is 4.05. The topological polar surface area (TPSA) is 49.8 Å². The van der Waals surface area contributed by atoms with Crippen molar-refractivity contribution in [3.8, 4) is 0 Å². The number of ether oxygens (including phenoxy) is 1. The summed E-state index contributed by atoms with van der Waals surface area (Å²) in [6.07, 6.45) is 0. The van der Waals surface area contributed by atoms with E-state index in [1.54, 1.807) is 67.4 Å². The Kier molecular flexibility index (Phi) is 5.66. The molecule has 0 bridgehead atoms. The molecule has 0 amide bonds. The number of nitrogens with zero attached hydrogens (tertiary/aromatic N) is 1. The number of aliphatic hydroxyl groups is 1. The summed E-state index contributed by atoms with van der Waals surface area (Å²) in [6.45, 7) is 1.93. The van der Waals surface area contributed by atoms with Crippen LogP contribution in [-0.2, 0) is 9.53 Å². The second kappa shape index (κ2) is 7.70. The molecule has 0 spiro atoms. The summed E-state index contributed by atoms with van der Waals surface area (Å²) in [5.41, 5.74) is 1.26. The van der Waals surface area contributed by atoms with Crippen LogP contribution in [0, 0.1) is 0 Å². The average molecular weight is 332 g/mol. The molecule has 0 radical (unpaired) electrons. The zero-order chi connectivity index (χ0) is 16.8.